The smallest absolute Gasteiger partial charge is 0.252 e. The first-order valence-electron chi connectivity index (χ1n) is 10.7. The molecule has 33 heavy (non-hydrogen) atoms. The number of carbonyl (C=O) groups is 3. The number of anilines is 2. The van der Waals surface area contributed by atoms with Crippen molar-refractivity contribution in [1.29, 1.82) is 0 Å². The minimum Gasteiger partial charge on any atom is -0.326 e. The number of carbonyl (C=O) groups excluding carboxylic acids is 3. The highest BCUT2D eigenvalue weighted by atomic mass is 79.9. The number of imide groups is 1. The Morgan fingerprint density at radius 2 is 1.64 bits per heavy atom. The number of sulfonamides is 1. The molecule has 3 amide bonds. The first-order chi connectivity index (χ1) is 15.7. The van der Waals surface area contributed by atoms with Gasteiger partial charge in [0.1, 0.15) is 6.04 Å². The van der Waals surface area contributed by atoms with Crippen molar-refractivity contribution in [3.8, 4) is 0 Å². The molecule has 1 N–H and O–H groups in total. The summed E-state index contributed by atoms with van der Waals surface area (Å²) in [7, 11) is -4.07. The van der Waals surface area contributed by atoms with Gasteiger partial charge in [0, 0.05) is 23.1 Å². The van der Waals surface area contributed by atoms with Gasteiger partial charge in [-0.2, -0.15) is 4.31 Å². The summed E-state index contributed by atoms with van der Waals surface area (Å²) in [5, 5.41) is 2.61. The van der Waals surface area contributed by atoms with E-state index in [0.29, 0.717) is 24.2 Å². The van der Waals surface area contributed by atoms with Crippen LogP contribution in [0.15, 0.2) is 57.9 Å². The van der Waals surface area contributed by atoms with Gasteiger partial charge in [-0.1, -0.05) is 28.8 Å². The quantitative estimate of drug-likeness (QED) is 0.570. The fourth-order valence-electron chi connectivity index (χ4n) is 4.49. The van der Waals surface area contributed by atoms with Gasteiger partial charge in [-0.25, -0.2) is 13.3 Å². The topological polar surface area (TPSA) is 104 Å². The number of amides is 3. The Balaban J connectivity index is 1.69. The molecular formula is C23H24BrN3O5S. The summed E-state index contributed by atoms with van der Waals surface area (Å²) in [4.78, 5) is 38.6. The number of hydrogen-bond acceptors (Lipinski definition) is 5. The lowest BCUT2D eigenvalue weighted by molar-refractivity contribution is -0.122. The third-order valence-electron chi connectivity index (χ3n) is 5.95. The van der Waals surface area contributed by atoms with E-state index < -0.39 is 27.9 Å². The van der Waals surface area contributed by atoms with Crippen molar-refractivity contribution in [2.24, 2.45) is 0 Å². The summed E-state index contributed by atoms with van der Waals surface area (Å²) < 4.78 is 29.5. The SMILES string of the molecule is CC(=O)Nc1ccc(S(=O)(=O)N(C2CCCC2)C2CC(=O)N(c3ccc(Br)cc3)C2=O)cc1. The number of rotatable bonds is 6. The van der Waals surface area contributed by atoms with Gasteiger partial charge in [0.05, 0.1) is 17.0 Å². The molecule has 0 aromatic heterocycles. The molecule has 1 aliphatic carbocycles. The highest BCUT2D eigenvalue weighted by molar-refractivity contribution is 9.10. The molecule has 0 radical (unpaired) electrons. The lowest BCUT2D eigenvalue weighted by Crippen LogP contribution is -2.49. The molecule has 0 spiro atoms. The molecule has 8 nitrogen and oxygen atoms in total. The van der Waals surface area contributed by atoms with Gasteiger partial charge >= 0.3 is 0 Å². The Morgan fingerprint density at radius 1 is 1.03 bits per heavy atom. The molecule has 2 aromatic rings. The van der Waals surface area contributed by atoms with E-state index in [-0.39, 0.29) is 23.3 Å². The van der Waals surface area contributed by atoms with Crippen molar-refractivity contribution in [1.82, 2.24) is 4.31 Å². The molecule has 4 rings (SSSR count). The van der Waals surface area contributed by atoms with Crippen LogP contribution >= 0.6 is 15.9 Å². The van der Waals surface area contributed by atoms with Gasteiger partial charge in [0.15, 0.2) is 0 Å². The molecule has 174 valence electrons. The summed E-state index contributed by atoms with van der Waals surface area (Å²) in [5.74, 6) is -1.22. The molecule has 2 aromatic carbocycles. The van der Waals surface area contributed by atoms with Gasteiger partial charge in [-0.15, -0.1) is 0 Å². The van der Waals surface area contributed by atoms with E-state index in [1.165, 1.54) is 35.5 Å². The van der Waals surface area contributed by atoms with Crippen LogP contribution in [-0.4, -0.2) is 42.5 Å². The number of halogens is 1. The van der Waals surface area contributed by atoms with E-state index in [4.69, 9.17) is 0 Å². The third kappa shape index (κ3) is 4.73. The lowest BCUT2D eigenvalue weighted by atomic mass is 10.2. The number of nitrogens with one attached hydrogen (secondary N) is 1. The fourth-order valence-corrected chi connectivity index (χ4v) is 6.58. The Morgan fingerprint density at radius 3 is 2.21 bits per heavy atom. The molecule has 2 fully saturated rings. The second-order valence-corrected chi connectivity index (χ2v) is 11.0. The highest BCUT2D eigenvalue weighted by Crippen LogP contribution is 2.36. The van der Waals surface area contributed by atoms with Crippen LogP contribution in [0.4, 0.5) is 11.4 Å². The first-order valence-corrected chi connectivity index (χ1v) is 13.0. The Kier molecular flexibility index (Phi) is 6.69. The predicted molar refractivity (Wildman–Crippen MR) is 127 cm³/mol. The molecule has 1 saturated carbocycles. The number of hydrogen-bond donors (Lipinski definition) is 1. The van der Waals surface area contributed by atoms with Crippen LogP contribution in [0.3, 0.4) is 0 Å². The van der Waals surface area contributed by atoms with E-state index in [1.54, 1.807) is 24.3 Å². The fraction of sp³-hybridized carbons (Fsp3) is 0.348. The Labute approximate surface area is 201 Å². The van der Waals surface area contributed by atoms with E-state index >= 15 is 0 Å². The van der Waals surface area contributed by atoms with Gasteiger partial charge in [0.25, 0.3) is 5.91 Å². The van der Waals surface area contributed by atoms with Gasteiger partial charge < -0.3 is 5.32 Å². The van der Waals surface area contributed by atoms with Crippen molar-refractivity contribution in [2.75, 3.05) is 10.2 Å². The van der Waals surface area contributed by atoms with Crippen molar-refractivity contribution in [3.63, 3.8) is 0 Å². The average Bonchev–Trinajstić information content (AvgIpc) is 3.38. The number of benzene rings is 2. The van der Waals surface area contributed by atoms with E-state index in [9.17, 15) is 22.8 Å². The van der Waals surface area contributed by atoms with Crippen LogP contribution in [0, 0.1) is 0 Å². The van der Waals surface area contributed by atoms with Crippen molar-refractivity contribution >= 4 is 55.0 Å². The van der Waals surface area contributed by atoms with Crippen LogP contribution in [0.2, 0.25) is 0 Å². The van der Waals surface area contributed by atoms with E-state index in [2.05, 4.69) is 21.2 Å². The van der Waals surface area contributed by atoms with Crippen molar-refractivity contribution < 1.29 is 22.8 Å². The van der Waals surface area contributed by atoms with E-state index in [1.807, 2.05) is 0 Å². The second kappa shape index (κ2) is 9.36. The number of nitrogens with zero attached hydrogens (tertiary/aromatic N) is 2. The maximum Gasteiger partial charge on any atom is 0.252 e. The molecule has 1 unspecified atom stereocenters. The van der Waals surface area contributed by atoms with E-state index in [0.717, 1.165) is 22.2 Å². The monoisotopic (exact) mass is 533 g/mol. The molecule has 1 aliphatic heterocycles. The van der Waals surface area contributed by atoms with Gasteiger partial charge in [0.2, 0.25) is 21.8 Å². The minimum absolute atomic E-state index is 0.0193. The normalized spacial score (nSPS) is 19.5. The molecular weight excluding hydrogens is 510 g/mol. The summed E-state index contributed by atoms with van der Waals surface area (Å²) in [6.07, 6.45) is 2.81. The zero-order chi connectivity index (χ0) is 23.8. The third-order valence-corrected chi connectivity index (χ3v) is 8.45. The second-order valence-electron chi connectivity index (χ2n) is 8.24. The summed E-state index contributed by atoms with van der Waals surface area (Å²) in [6.45, 7) is 1.37. The van der Waals surface area contributed by atoms with Crippen LogP contribution in [0.5, 0.6) is 0 Å². The zero-order valence-corrected chi connectivity index (χ0v) is 20.4. The Hall–Kier alpha value is -2.56. The summed E-state index contributed by atoms with van der Waals surface area (Å²) >= 11 is 3.34. The van der Waals surface area contributed by atoms with Crippen LogP contribution < -0.4 is 10.2 Å². The summed E-state index contributed by atoms with van der Waals surface area (Å²) in [5.41, 5.74) is 0.890. The maximum absolute atomic E-state index is 13.7. The zero-order valence-electron chi connectivity index (χ0n) is 18.0. The van der Waals surface area contributed by atoms with Crippen LogP contribution in [0.25, 0.3) is 0 Å². The van der Waals surface area contributed by atoms with Crippen LogP contribution in [0.1, 0.15) is 39.0 Å². The van der Waals surface area contributed by atoms with Crippen molar-refractivity contribution in [3.05, 3.63) is 53.0 Å². The lowest BCUT2D eigenvalue weighted by Gasteiger charge is -2.32. The molecule has 2 aliphatic rings. The molecule has 1 saturated heterocycles. The first kappa shape index (κ1) is 23.6. The summed E-state index contributed by atoms with van der Waals surface area (Å²) in [6, 6.07) is 11.2. The van der Waals surface area contributed by atoms with Crippen LogP contribution in [-0.2, 0) is 24.4 Å². The Bertz CT molecular complexity index is 1180. The predicted octanol–water partition coefficient (Wildman–Crippen LogP) is 3.67. The minimum atomic E-state index is -4.07. The molecule has 0 bridgehead atoms. The molecule has 10 heteroatoms. The largest absolute Gasteiger partial charge is 0.326 e. The van der Waals surface area contributed by atoms with Gasteiger partial charge in [-0.05, 0) is 61.4 Å². The maximum atomic E-state index is 13.7. The molecule has 1 heterocycles. The molecule has 1 atom stereocenters. The highest BCUT2D eigenvalue weighted by Gasteiger charge is 2.49. The average molecular weight is 534 g/mol. The van der Waals surface area contributed by atoms with Crippen molar-refractivity contribution in [2.45, 2.75) is 56.0 Å². The van der Waals surface area contributed by atoms with Gasteiger partial charge in [-0.3, -0.25) is 14.4 Å². The standard InChI is InChI=1S/C23H24BrN3O5S/c1-15(28)25-17-8-12-20(13-9-17)33(31,32)27(19-4-2-3-5-19)21-14-22(29)26(23(21)30)18-10-6-16(24)7-11-18/h6-13,19,21H,2-5,14H2,1H3,(H,25,28).